The number of aryl methyl sites for hydroxylation is 1. The van der Waals surface area contributed by atoms with Gasteiger partial charge in [0.25, 0.3) is 0 Å². The summed E-state index contributed by atoms with van der Waals surface area (Å²) >= 11 is 0. The molecular weight excluding hydrogens is 473 g/mol. The number of hydrogen-bond donors (Lipinski definition) is 1. The van der Waals surface area contributed by atoms with Gasteiger partial charge < -0.3 is 14.8 Å². The minimum atomic E-state index is -3.53. The van der Waals surface area contributed by atoms with E-state index >= 15 is 0 Å². The van der Waals surface area contributed by atoms with Crippen LogP contribution < -0.4 is 10.1 Å². The molecule has 0 aliphatic carbocycles. The van der Waals surface area contributed by atoms with E-state index in [0.29, 0.717) is 50.9 Å². The van der Waals surface area contributed by atoms with Crippen molar-refractivity contribution < 1.29 is 27.1 Å². The molecule has 1 N–H and O–H groups in total. The monoisotopic (exact) mass is 499 g/mol. The van der Waals surface area contributed by atoms with Crippen LogP contribution >= 0.6 is 0 Å². The molecule has 8 nitrogen and oxygen atoms in total. The van der Waals surface area contributed by atoms with Crippen molar-refractivity contribution in [3.8, 4) is 11.6 Å². The number of carbonyl (C=O) groups is 1. The number of halogens is 1. The Labute approximate surface area is 203 Å². The number of nitrogens with zero attached hydrogens (tertiary/aromatic N) is 2. The zero-order valence-corrected chi connectivity index (χ0v) is 19.8. The van der Waals surface area contributed by atoms with E-state index in [4.69, 9.17) is 9.47 Å². The predicted octanol–water partition coefficient (Wildman–Crippen LogP) is 3.28. The second-order valence-electron chi connectivity index (χ2n) is 8.00. The second-order valence-corrected chi connectivity index (χ2v) is 9.94. The number of aromatic nitrogens is 1. The SMILES string of the molecule is O=C(CCc1ccc(S(=O)(=O)N2CCOCC2)cc1)NCc1ccc(Oc2ccc(F)cc2)nc1. The number of morpholine rings is 1. The third kappa shape index (κ3) is 6.84. The summed E-state index contributed by atoms with van der Waals surface area (Å²) in [6, 6.07) is 15.8. The summed E-state index contributed by atoms with van der Waals surface area (Å²) in [5.41, 5.74) is 1.69. The fourth-order valence-electron chi connectivity index (χ4n) is 3.51. The van der Waals surface area contributed by atoms with Crippen molar-refractivity contribution in [2.75, 3.05) is 26.3 Å². The third-order valence-electron chi connectivity index (χ3n) is 5.50. The number of carbonyl (C=O) groups excluding carboxylic acids is 1. The van der Waals surface area contributed by atoms with Gasteiger partial charge in [-0.25, -0.2) is 17.8 Å². The van der Waals surface area contributed by atoms with Crippen molar-refractivity contribution in [2.24, 2.45) is 0 Å². The number of sulfonamides is 1. The first-order chi connectivity index (χ1) is 16.9. The lowest BCUT2D eigenvalue weighted by Crippen LogP contribution is -2.40. The predicted molar refractivity (Wildman–Crippen MR) is 127 cm³/mol. The van der Waals surface area contributed by atoms with E-state index in [1.807, 2.05) is 0 Å². The van der Waals surface area contributed by atoms with Gasteiger partial charge in [0.05, 0.1) is 18.1 Å². The summed E-state index contributed by atoms with van der Waals surface area (Å²) < 4.78 is 50.5. The first-order valence-electron chi connectivity index (χ1n) is 11.2. The van der Waals surface area contributed by atoms with Gasteiger partial charge in [-0.3, -0.25) is 4.79 Å². The number of amides is 1. The first kappa shape index (κ1) is 24.8. The highest BCUT2D eigenvalue weighted by atomic mass is 32.2. The van der Waals surface area contributed by atoms with Gasteiger partial charge in [-0.15, -0.1) is 0 Å². The molecule has 10 heteroatoms. The maximum Gasteiger partial charge on any atom is 0.243 e. The molecule has 2 heterocycles. The molecule has 0 unspecified atom stereocenters. The van der Waals surface area contributed by atoms with Crippen molar-refractivity contribution >= 4 is 15.9 Å². The molecule has 0 bridgehead atoms. The number of benzene rings is 2. The number of rotatable bonds is 9. The van der Waals surface area contributed by atoms with Crippen LogP contribution in [0.15, 0.2) is 71.8 Å². The standard InChI is InChI=1S/C25H26FN3O5S/c26-21-5-7-22(8-6-21)34-25-12-4-20(18-28-25)17-27-24(30)11-3-19-1-9-23(10-2-19)35(31,32)29-13-15-33-16-14-29/h1-2,4-10,12,18H,3,11,13-17H2,(H,27,30). The first-order valence-corrected chi connectivity index (χ1v) is 12.7. The van der Waals surface area contributed by atoms with Gasteiger partial charge in [0.15, 0.2) is 0 Å². The third-order valence-corrected chi connectivity index (χ3v) is 7.41. The Bertz CT molecular complexity index is 1230. The smallest absolute Gasteiger partial charge is 0.243 e. The molecule has 1 aromatic heterocycles. The summed E-state index contributed by atoms with van der Waals surface area (Å²) in [6.45, 7) is 1.82. The fraction of sp³-hybridized carbons (Fsp3) is 0.280. The molecule has 1 aliphatic rings. The number of ether oxygens (including phenoxy) is 2. The molecule has 0 saturated carbocycles. The number of hydrogen-bond acceptors (Lipinski definition) is 6. The van der Waals surface area contributed by atoms with Crippen LogP contribution in [0.5, 0.6) is 11.6 Å². The highest BCUT2D eigenvalue weighted by Gasteiger charge is 2.26. The lowest BCUT2D eigenvalue weighted by atomic mass is 10.1. The van der Waals surface area contributed by atoms with Crippen LogP contribution in [0.25, 0.3) is 0 Å². The van der Waals surface area contributed by atoms with E-state index < -0.39 is 10.0 Å². The molecule has 35 heavy (non-hydrogen) atoms. The average molecular weight is 500 g/mol. The van der Waals surface area contributed by atoms with Crippen molar-refractivity contribution in [1.82, 2.24) is 14.6 Å². The van der Waals surface area contributed by atoms with E-state index in [1.165, 1.54) is 28.6 Å². The van der Waals surface area contributed by atoms with Gasteiger partial charge in [-0.2, -0.15) is 4.31 Å². The average Bonchev–Trinajstić information content (AvgIpc) is 2.89. The van der Waals surface area contributed by atoms with Gasteiger partial charge in [-0.05, 0) is 53.9 Å². The quantitative estimate of drug-likeness (QED) is 0.485. The molecule has 1 aliphatic heterocycles. The molecule has 1 saturated heterocycles. The number of nitrogens with one attached hydrogen (secondary N) is 1. The van der Waals surface area contributed by atoms with Gasteiger partial charge in [0.2, 0.25) is 21.8 Å². The minimum absolute atomic E-state index is 0.123. The van der Waals surface area contributed by atoms with E-state index in [0.717, 1.165) is 11.1 Å². The topological polar surface area (TPSA) is 97.8 Å². The molecule has 0 atom stereocenters. The zero-order chi connectivity index (χ0) is 24.7. The van der Waals surface area contributed by atoms with E-state index in [9.17, 15) is 17.6 Å². The Hall–Kier alpha value is -3.34. The Morgan fingerprint density at radius 1 is 1.00 bits per heavy atom. The fourth-order valence-corrected chi connectivity index (χ4v) is 4.92. The second kappa shape index (κ2) is 11.4. The summed E-state index contributed by atoms with van der Waals surface area (Å²) in [5, 5.41) is 2.85. The maximum absolute atomic E-state index is 13.0. The Morgan fingerprint density at radius 3 is 2.34 bits per heavy atom. The Balaban J connectivity index is 1.22. The van der Waals surface area contributed by atoms with Crippen LogP contribution in [0.4, 0.5) is 4.39 Å². The largest absolute Gasteiger partial charge is 0.439 e. The minimum Gasteiger partial charge on any atom is -0.439 e. The van der Waals surface area contributed by atoms with Crippen LogP contribution in [0.1, 0.15) is 17.5 Å². The van der Waals surface area contributed by atoms with E-state index in [1.54, 1.807) is 42.6 Å². The molecule has 1 fully saturated rings. The zero-order valence-electron chi connectivity index (χ0n) is 19.0. The lowest BCUT2D eigenvalue weighted by molar-refractivity contribution is -0.121. The van der Waals surface area contributed by atoms with Crippen LogP contribution in [-0.4, -0.2) is 49.9 Å². The van der Waals surface area contributed by atoms with Crippen molar-refractivity contribution in [1.29, 1.82) is 0 Å². The van der Waals surface area contributed by atoms with Crippen LogP contribution in [0.3, 0.4) is 0 Å². The van der Waals surface area contributed by atoms with Crippen LogP contribution in [0.2, 0.25) is 0 Å². The molecule has 2 aromatic carbocycles. The summed E-state index contributed by atoms with van der Waals surface area (Å²) in [5.74, 6) is 0.379. The summed E-state index contributed by atoms with van der Waals surface area (Å²) in [4.78, 5) is 16.7. The summed E-state index contributed by atoms with van der Waals surface area (Å²) in [6.07, 6.45) is 2.37. The molecule has 3 aromatic rings. The molecule has 184 valence electrons. The Morgan fingerprint density at radius 2 is 1.69 bits per heavy atom. The Kier molecular flexibility index (Phi) is 8.06. The molecular formula is C25H26FN3O5S. The molecule has 4 rings (SSSR count). The molecule has 0 radical (unpaired) electrons. The highest BCUT2D eigenvalue weighted by Crippen LogP contribution is 2.20. The van der Waals surface area contributed by atoms with Gasteiger partial charge >= 0.3 is 0 Å². The highest BCUT2D eigenvalue weighted by molar-refractivity contribution is 7.89. The van der Waals surface area contributed by atoms with Gasteiger partial charge in [0, 0.05) is 38.3 Å². The van der Waals surface area contributed by atoms with Crippen LogP contribution in [-0.2, 0) is 32.5 Å². The van der Waals surface area contributed by atoms with Crippen LogP contribution in [0, 0.1) is 5.82 Å². The van der Waals surface area contributed by atoms with E-state index in [2.05, 4.69) is 10.3 Å². The van der Waals surface area contributed by atoms with Gasteiger partial charge in [-0.1, -0.05) is 18.2 Å². The van der Waals surface area contributed by atoms with E-state index in [-0.39, 0.29) is 23.0 Å². The molecule has 0 spiro atoms. The van der Waals surface area contributed by atoms with Gasteiger partial charge in [0.1, 0.15) is 11.6 Å². The number of pyridine rings is 1. The normalized spacial score (nSPS) is 14.4. The van der Waals surface area contributed by atoms with Crippen molar-refractivity contribution in [3.05, 3.63) is 83.8 Å². The van der Waals surface area contributed by atoms with Crippen molar-refractivity contribution in [3.63, 3.8) is 0 Å². The lowest BCUT2D eigenvalue weighted by Gasteiger charge is -2.26. The maximum atomic E-state index is 13.0. The molecule has 1 amide bonds. The van der Waals surface area contributed by atoms with Crippen molar-refractivity contribution in [2.45, 2.75) is 24.3 Å². The summed E-state index contributed by atoms with van der Waals surface area (Å²) in [7, 11) is -3.53.